The Bertz CT molecular complexity index is 608. The van der Waals surface area contributed by atoms with Crippen molar-refractivity contribution in [3.63, 3.8) is 0 Å². The molecule has 0 aliphatic carbocycles. The lowest BCUT2D eigenvalue weighted by Gasteiger charge is -2.23. The van der Waals surface area contributed by atoms with E-state index < -0.39 is 0 Å². The minimum atomic E-state index is -0.351. The van der Waals surface area contributed by atoms with E-state index in [-0.39, 0.29) is 6.09 Å². The molecule has 2 aromatic rings. The van der Waals surface area contributed by atoms with Gasteiger partial charge in [0.25, 0.3) is 0 Å². The Morgan fingerprint density at radius 1 is 1.14 bits per heavy atom. The number of hydrogen-bond acceptors (Lipinski definition) is 2. The van der Waals surface area contributed by atoms with Gasteiger partial charge in [-0.2, -0.15) is 0 Å². The van der Waals surface area contributed by atoms with E-state index in [9.17, 15) is 4.79 Å². The molecule has 21 heavy (non-hydrogen) atoms. The zero-order valence-electron chi connectivity index (χ0n) is 12.2. The maximum atomic E-state index is 12.3. The summed E-state index contributed by atoms with van der Waals surface area (Å²) in [6, 6.07) is 17.5. The van der Waals surface area contributed by atoms with E-state index in [1.807, 2.05) is 54.6 Å². The summed E-state index contributed by atoms with van der Waals surface area (Å²) in [5.74, 6) is 0. The van der Waals surface area contributed by atoms with Crippen molar-refractivity contribution in [2.45, 2.75) is 13.5 Å². The number of carbonyl (C=O) groups excluding carboxylic acids is 1. The SMILES string of the molecule is C=Cc1ccccc1N(Cc1ccccc1)C(=O)OCC. The normalized spacial score (nSPS) is 9.95. The lowest BCUT2D eigenvalue weighted by Crippen LogP contribution is -2.31. The summed E-state index contributed by atoms with van der Waals surface area (Å²) >= 11 is 0. The van der Waals surface area contributed by atoms with Gasteiger partial charge in [0, 0.05) is 0 Å². The zero-order valence-corrected chi connectivity index (χ0v) is 12.2. The van der Waals surface area contributed by atoms with Crippen LogP contribution in [0, 0.1) is 0 Å². The van der Waals surface area contributed by atoms with Gasteiger partial charge in [-0.25, -0.2) is 4.79 Å². The monoisotopic (exact) mass is 281 g/mol. The smallest absolute Gasteiger partial charge is 0.414 e. The highest BCUT2D eigenvalue weighted by Gasteiger charge is 2.19. The van der Waals surface area contributed by atoms with Crippen LogP contribution in [0.4, 0.5) is 10.5 Å². The second-order valence-electron chi connectivity index (χ2n) is 4.53. The van der Waals surface area contributed by atoms with Crippen LogP contribution in [0.25, 0.3) is 6.08 Å². The number of anilines is 1. The molecule has 0 unspecified atom stereocenters. The fourth-order valence-corrected chi connectivity index (χ4v) is 2.12. The topological polar surface area (TPSA) is 29.5 Å². The third-order valence-electron chi connectivity index (χ3n) is 3.12. The van der Waals surface area contributed by atoms with Crippen molar-refractivity contribution < 1.29 is 9.53 Å². The van der Waals surface area contributed by atoms with Gasteiger partial charge in [0.2, 0.25) is 0 Å². The van der Waals surface area contributed by atoms with Gasteiger partial charge in [0.1, 0.15) is 0 Å². The number of nitrogens with zero attached hydrogens (tertiary/aromatic N) is 1. The number of amides is 1. The number of ether oxygens (including phenoxy) is 1. The van der Waals surface area contributed by atoms with Crippen LogP contribution in [0.5, 0.6) is 0 Å². The van der Waals surface area contributed by atoms with Crippen LogP contribution < -0.4 is 4.90 Å². The van der Waals surface area contributed by atoms with E-state index in [1.54, 1.807) is 17.9 Å². The summed E-state index contributed by atoms with van der Waals surface area (Å²) in [5, 5.41) is 0. The third-order valence-corrected chi connectivity index (χ3v) is 3.12. The molecule has 2 rings (SSSR count). The van der Waals surface area contributed by atoms with Gasteiger partial charge in [0.15, 0.2) is 0 Å². The molecule has 0 saturated heterocycles. The molecular formula is C18H19NO2. The molecule has 0 spiro atoms. The van der Waals surface area contributed by atoms with Gasteiger partial charge in [-0.15, -0.1) is 0 Å². The number of hydrogen-bond donors (Lipinski definition) is 0. The first-order chi connectivity index (χ1) is 10.3. The summed E-state index contributed by atoms with van der Waals surface area (Å²) in [6.45, 7) is 6.42. The average molecular weight is 281 g/mol. The Morgan fingerprint density at radius 3 is 2.48 bits per heavy atom. The molecule has 0 saturated carbocycles. The molecule has 108 valence electrons. The van der Waals surface area contributed by atoms with E-state index in [4.69, 9.17) is 4.74 Å². The van der Waals surface area contributed by atoms with Crippen LogP contribution in [0.15, 0.2) is 61.2 Å². The van der Waals surface area contributed by atoms with Gasteiger partial charge in [0.05, 0.1) is 18.8 Å². The first kappa shape index (κ1) is 14.9. The van der Waals surface area contributed by atoms with Gasteiger partial charge in [-0.1, -0.05) is 61.2 Å². The largest absolute Gasteiger partial charge is 0.449 e. The van der Waals surface area contributed by atoms with Crippen LogP contribution in [0.1, 0.15) is 18.1 Å². The molecule has 0 atom stereocenters. The number of para-hydroxylation sites is 1. The van der Waals surface area contributed by atoms with Crippen LogP contribution in [-0.2, 0) is 11.3 Å². The molecule has 1 amide bonds. The second kappa shape index (κ2) is 7.29. The van der Waals surface area contributed by atoms with E-state index >= 15 is 0 Å². The highest BCUT2D eigenvalue weighted by molar-refractivity contribution is 5.90. The van der Waals surface area contributed by atoms with Gasteiger partial charge in [-0.3, -0.25) is 4.90 Å². The molecule has 0 N–H and O–H groups in total. The number of carbonyl (C=O) groups is 1. The molecule has 0 aromatic heterocycles. The fourth-order valence-electron chi connectivity index (χ4n) is 2.12. The maximum absolute atomic E-state index is 12.3. The molecule has 0 fully saturated rings. The van der Waals surface area contributed by atoms with Crippen molar-refractivity contribution in [3.8, 4) is 0 Å². The van der Waals surface area contributed by atoms with E-state index in [0.717, 1.165) is 16.8 Å². The highest BCUT2D eigenvalue weighted by atomic mass is 16.6. The number of benzene rings is 2. The molecule has 0 heterocycles. The van der Waals surface area contributed by atoms with Crippen molar-refractivity contribution in [2.24, 2.45) is 0 Å². The number of rotatable bonds is 5. The van der Waals surface area contributed by atoms with E-state index in [2.05, 4.69) is 6.58 Å². The van der Waals surface area contributed by atoms with Gasteiger partial charge < -0.3 is 4.74 Å². The van der Waals surface area contributed by atoms with Crippen LogP contribution in [-0.4, -0.2) is 12.7 Å². The van der Waals surface area contributed by atoms with Crippen molar-refractivity contribution in [3.05, 3.63) is 72.3 Å². The third kappa shape index (κ3) is 3.72. The molecule has 3 heteroatoms. The summed E-state index contributed by atoms with van der Waals surface area (Å²) in [7, 11) is 0. The van der Waals surface area contributed by atoms with Gasteiger partial charge in [-0.05, 0) is 24.1 Å². The van der Waals surface area contributed by atoms with Gasteiger partial charge >= 0.3 is 6.09 Å². The summed E-state index contributed by atoms with van der Waals surface area (Å²) in [5.41, 5.74) is 2.75. The van der Waals surface area contributed by atoms with Crippen LogP contribution in [0.2, 0.25) is 0 Å². The van der Waals surface area contributed by atoms with Crippen molar-refractivity contribution >= 4 is 17.9 Å². The molecule has 0 aliphatic heterocycles. The van der Waals surface area contributed by atoms with Crippen LogP contribution >= 0.6 is 0 Å². The lowest BCUT2D eigenvalue weighted by atomic mass is 10.1. The molecule has 3 nitrogen and oxygen atoms in total. The maximum Gasteiger partial charge on any atom is 0.414 e. The Hall–Kier alpha value is -2.55. The first-order valence-corrected chi connectivity index (χ1v) is 6.96. The second-order valence-corrected chi connectivity index (χ2v) is 4.53. The summed E-state index contributed by atoms with van der Waals surface area (Å²) < 4.78 is 5.18. The van der Waals surface area contributed by atoms with Crippen molar-refractivity contribution in [2.75, 3.05) is 11.5 Å². The van der Waals surface area contributed by atoms with Crippen molar-refractivity contribution in [1.29, 1.82) is 0 Å². The summed E-state index contributed by atoms with van der Waals surface area (Å²) in [4.78, 5) is 13.9. The predicted molar refractivity (Wildman–Crippen MR) is 86.2 cm³/mol. The van der Waals surface area contributed by atoms with E-state index in [0.29, 0.717) is 13.2 Å². The molecule has 2 aromatic carbocycles. The Balaban J connectivity index is 2.36. The van der Waals surface area contributed by atoms with Crippen LogP contribution in [0.3, 0.4) is 0 Å². The fraction of sp³-hybridized carbons (Fsp3) is 0.167. The molecular weight excluding hydrogens is 262 g/mol. The summed E-state index contributed by atoms with van der Waals surface area (Å²) in [6.07, 6.45) is 1.39. The Kier molecular flexibility index (Phi) is 5.16. The average Bonchev–Trinajstić information content (AvgIpc) is 2.54. The Labute approximate surface area is 125 Å². The Morgan fingerprint density at radius 2 is 1.81 bits per heavy atom. The first-order valence-electron chi connectivity index (χ1n) is 6.96. The minimum absolute atomic E-state index is 0.348. The minimum Gasteiger partial charge on any atom is -0.449 e. The standard InChI is InChI=1S/C18H19NO2/c1-3-16-12-8-9-13-17(16)19(18(20)21-4-2)14-15-10-6-5-7-11-15/h3,5-13H,1,4,14H2,2H3. The van der Waals surface area contributed by atoms with E-state index in [1.165, 1.54) is 0 Å². The molecule has 0 radical (unpaired) electrons. The molecule has 0 aliphatic rings. The van der Waals surface area contributed by atoms with Crippen molar-refractivity contribution in [1.82, 2.24) is 0 Å². The predicted octanol–water partition coefficient (Wildman–Crippen LogP) is 4.49. The zero-order chi connectivity index (χ0) is 15.1. The quantitative estimate of drug-likeness (QED) is 0.808. The highest BCUT2D eigenvalue weighted by Crippen LogP contribution is 2.24. The lowest BCUT2D eigenvalue weighted by molar-refractivity contribution is 0.159. The molecule has 0 bridgehead atoms.